The van der Waals surface area contributed by atoms with Gasteiger partial charge in [0.25, 0.3) is 0 Å². The van der Waals surface area contributed by atoms with E-state index in [1.54, 1.807) is 0 Å². The molecule has 0 radical (unpaired) electrons. The van der Waals surface area contributed by atoms with Crippen LogP contribution in [-0.4, -0.2) is 20.3 Å². The normalized spacial score (nSPS) is 12.0. The maximum absolute atomic E-state index is 11.0. The molecule has 0 aliphatic carbocycles. The van der Waals surface area contributed by atoms with Crippen molar-refractivity contribution >= 4 is 14.0 Å². The van der Waals surface area contributed by atoms with Gasteiger partial charge in [-0.1, -0.05) is 31.8 Å². The first-order chi connectivity index (χ1) is 5.45. The molecule has 12 heavy (non-hydrogen) atoms. The molecule has 0 bridgehead atoms. The molecule has 0 rings (SSSR count). The molecule has 0 aliphatic rings. The van der Waals surface area contributed by atoms with Gasteiger partial charge in [0.2, 0.25) is 0 Å². The van der Waals surface area contributed by atoms with Gasteiger partial charge in [-0.25, -0.2) is 0 Å². The van der Waals surface area contributed by atoms with E-state index in [1.165, 1.54) is 0 Å². The van der Waals surface area contributed by atoms with E-state index in [2.05, 4.69) is 19.6 Å². The Morgan fingerprint density at radius 1 is 1.42 bits per heavy atom. The Hall–Kier alpha value is -0.573. The van der Waals surface area contributed by atoms with Crippen LogP contribution in [0.2, 0.25) is 19.6 Å². The van der Waals surface area contributed by atoms with Gasteiger partial charge in [-0.2, -0.15) is 0 Å². The summed E-state index contributed by atoms with van der Waals surface area (Å²) in [7, 11) is -1.23. The van der Waals surface area contributed by atoms with E-state index in [1.807, 2.05) is 19.1 Å². The van der Waals surface area contributed by atoms with Crippen LogP contribution in [0.25, 0.3) is 0 Å². The predicted octanol–water partition coefficient (Wildman–Crippen LogP) is 2.37. The molecule has 0 aromatic rings. The standard InChI is InChI=1S/C9H18O2Si/c1-5-6-7-9(10)11-8-12(2,3)4/h5-6H,7-8H2,1-4H3. The van der Waals surface area contributed by atoms with E-state index >= 15 is 0 Å². The molecule has 0 unspecified atom stereocenters. The first-order valence-corrected chi connectivity index (χ1v) is 7.93. The van der Waals surface area contributed by atoms with Crippen LogP contribution >= 0.6 is 0 Å². The average Bonchev–Trinajstić information content (AvgIpc) is 1.95. The van der Waals surface area contributed by atoms with Crippen molar-refractivity contribution in [2.75, 3.05) is 6.23 Å². The van der Waals surface area contributed by atoms with Crippen molar-refractivity contribution < 1.29 is 9.53 Å². The third-order valence-corrected chi connectivity index (χ3v) is 2.20. The molecule has 0 aromatic carbocycles. The Bertz CT molecular complexity index is 168. The van der Waals surface area contributed by atoms with Crippen molar-refractivity contribution in [3.63, 3.8) is 0 Å². The van der Waals surface area contributed by atoms with Gasteiger partial charge >= 0.3 is 5.97 Å². The minimum absolute atomic E-state index is 0.115. The number of rotatable bonds is 4. The van der Waals surface area contributed by atoms with Crippen molar-refractivity contribution in [3.05, 3.63) is 12.2 Å². The van der Waals surface area contributed by atoms with Gasteiger partial charge in [0.1, 0.15) is 0 Å². The lowest BCUT2D eigenvalue weighted by atomic mass is 10.4. The average molecular weight is 186 g/mol. The topological polar surface area (TPSA) is 26.3 Å². The van der Waals surface area contributed by atoms with Gasteiger partial charge in [0, 0.05) is 0 Å². The Morgan fingerprint density at radius 2 is 2.00 bits per heavy atom. The van der Waals surface area contributed by atoms with Crippen molar-refractivity contribution in [3.8, 4) is 0 Å². The third-order valence-electron chi connectivity index (χ3n) is 1.19. The van der Waals surface area contributed by atoms with Crippen molar-refractivity contribution in [1.29, 1.82) is 0 Å². The van der Waals surface area contributed by atoms with Crippen molar-refractivity contribution in [2.24, 2.45) is 0 Å². The number of hydrogen-bond acceptors (Lipinski definition) is 2. The molecular weight excluding hydrogens is 168 g/mol. The molecule has 0 N–H and O–H groups in total. The number of carbonyl (C=O) groups excluding carboxylic acids is 1. The zero-order valence-corrected chi connectivity index (χ0v) is 9.39. The van der Waals surface area contributed by atoms with E-state index in [4.69, 9.17) is 4.74 Å². The molecule has 0 saturated carbocycles. The van der Waals surface area contributed by atoms with E-state index < -0.39 is 8.07 Å². The van der Waals surface area contributed by atoms with Crippen molar-refractivity contribution in [1.82, 2.24) is 0 Å². The minimum Gasteiger partial charge on any atom is -0.469 e. The van der Waals surface area contributed by atoms with E-state index in [-0.39, 0.29) is 5.97 Å². The molecule has 0 atom stereocenters. The predicted molar refractivity (Wildman–Crippen MR) is 53.7 cm³/mol. The van der Waals surface area contributed by atoms with Gasteiger partial charge in [0.05, 0.1) is 20.7 Å². The highest BCUT2D eigenvalue weighted by Gasteiger charge is 2.15. The lowest BCUT2D eigenvalue weighted by Gasteiger charge is -2.14. The second-order valence-corrected chi connectivity index (χ2v) is 9.40. The quantitative estimate of drug-likeness (QED) is 0.383. The number of allylic oxidation sites excluding steroid dienone is 1. The van der Waals surface area contributed by atoms with Crippen LogP contribution in [0.4, 0.5) is 0 Å². The summed E-state index contributed by atoms with van der Waals surface area (Å²) in [5.41, 5.74) is 0. The van der Waals surface area contributed by atoms with Crippen LogP contribution in [0.1, 0.15) is 13.3 Å². The molecular formula is C9H18O2Si. The van der Waals surface area contributed by atoms with Gasteiger partial charge in [-0.05, 0) is 6.92 Å². The number of carbonyl (C=O) groups is 1. The lowest BCUT2D eigenvalue weighted by Crippen LogP contribution is -2.29. The second kappa shape index (κ2) is 5.14. The van der Waals surface area contributed by atoms with Crippen LogP contribution in [0.3, 0.4) is 0 Å². The third kappa shape index (κ3) is 7.53. The first-order valence-electron chi connectivity index (χ1n) is 4.22. The summed E-state index contributed by atoms with van der Waals surface area (Å²) in [6.07, 6.45) is 4.70. The van der Waals surface area contributed by atoms with Crippen LogP contribution in [0, 0.1) is 0 Å². The van der Waals surface area contributed by atoms with Gasteiger partial charge in [-0.3, -0.25) is 4.79 Å². The Balaban J connectivity index is 3.58. The summed E-state index contributed by atoms with van der Waals surface area (Å²) in [6.45, 7) is 8.42. The SMILES string of the molecule is CC=CCC(=O)OC[Si](C)(C)C. The van der Waals surface area contributed by atoms with Crippen molar-refractivity contribution in [2.45, 2.75) is 33.0 Å². The molecule has 70 valence electrons. The summed E-state index contributed by atoms with van der Waals surface area (Å²) < 4.78 is 5.08. The molecule has 0 spiro atoms. The summed E-state index contributed by atoms with van der Waals surface area (Å²) >= 11 is 0. The molecule has 2 nitrogen and oxygen atoms in total. The molecule has 0 amide bonds. The largest absolute Gasteiger partial charge is 0.469 e. The zero-order chi connectivity index (χ0) is 9.61. The summed E-state index contributed by atoms with van der Waals surface area (Å²) in [5, 5.41) is 0. The fraction of sp³-hybridized carbons (Fsp3) is 0.667. The summed E-state index contributed by atoms with van der Waals surface area (Å²) in [4.78, 5) is 11.0. The summed E-state index contributed by atoms with van der Waals surface area (Å²) in [6, 6.07) is 0. The van der Waals surface area contributed by atoms with Gasteiger partial charge < -0.3 is 4.74 Å². The van der Waals surface area contributed by atoms with Crippen LogP contribution in [0.15, 0.2) is 12.2 Å². The second-order valence-electron chi connectivity index (χ2n) is 3.99. The Labute approximate surface area is 75.6 Å². The van der Waals surface area contributed by atoms with Crippen LogP contribution in [0.5, 0.6) is 0 Å². The maximum atomic E-state index is 11.0. The fourth-order valence-electron chi connectivity index (χ4n) is 0.570. The van der Waals surface area contributed by atoms with E-state index in [0.29, 0.717) is 12.7 Å². The van der Waals surface area contributed by atoms with Crippen LogP contribution < -0.4 is 0 Å². The van der Waals surface area contributed by atoms with Gasteiger partial charge in [0.15, 0.2) is 0 Å². The molecule has 0 saturated heterocycles. The monoisotopic (exact) mass is 186 g/mol. The van der Waals surface area contributed by atoms with Gasteiger partial charge in [-0.15, -0.1) is 0 Å². The molecule has 0 aliphatic heterocycles. The molecule has 3 heteroatoms. The Kier molecular flexibility index (Phi) is 4.89. The van der Waals surface area contributed by atoms with E-state index in [9.17, 15) is 4.79 Å². The maximum Gasteiger partial charge on any atom is 0.309 e. The highest BCUT2D eigenvalue weighted by molar-refractivity contribution is 6.76. The number of ether oxygens (including phenoxy) is 1. The molecule has 0 heterocycles. The Morgan fingerprint density at radius 3 is 2.42 bits per heavy atom. The smallest absolute Gasteiger partial charge is 0.309 e. The van der Waals surface area contributed by atoms with Crippen LogP contribution in [-0.2, 0) is 9.53 Å². The molecule has 0 aromatic heterocycles. The zero-order valence-electron chi connectivity index (χ0n) is 8.39. The minimum atomic E-state index is -1.23. The number of esters is 1. The lowest BCUT2D eigenvalue weighted by molar-refractivity contribution is -0.140. The highest BCUT2D eigenvalue weighted by atomic mass is 28.3. The first kappa shape index (κ1) is 11.4. The highest BCUT2D eigenvalue weighted by Crippen LogP contribution is 2.01. The fourth-order valence-corrected chi connectivity index (χ4v) is 1.16. The molecule has 0 fully saturated rings. The van der Waals surface area contributed by atoms with E-state index in [0.717, 1.165) is 0 Å². The summed E-state index contributed by atoms with van der Waals surface area (Å²) in [5.74, 6) is -0.115. The number of hydrogen-bond donors (Lipinski definition) is 0.